The Labute approximate surface area is 193 Å². The van der Waals surface area contributed by atoms with E-state index in [9.17, 15) is 4.79 Å². The SMILES string of the molecule is CCc1cc(-c2cccnc2Oc2cc(C(=O)Nc3ccccc3OC)ccc2C)ccn1. The van der Waals surface area contributed by atoms with E-state index in [0.29, 0.717) is 28.6 Å². The van der Waals surface area contributed by atoms with Crippen LogP contribution in [0.1, 0.15) is 28.5 Å². The van der Waals surface area contributed by atoms with E-state index < -0.39 is 0 Å². The maximum Gasteiger partial charge on any atom is 0.255 e. The molecule has 33 heavy (non-hydrogen) atoms. The summed E-state index contributed by atoms with van der Waals surface area (Å²) in [5, 5.41) is 2.90. The Kier molecular flexibility index (Phi) is 6.64. The molecule has 0 atom stereocenters. The molecule has 0 fully saturated rings. The molecule has 2 heterocycles. The largest absolute Gasteiger partial charge is 0.495 e. The lowest BCUT2D eigenvalue weighted by atomic mass is 10.1. The summed E-state index contributed by atoms with van der Waals surface area (Å²) in [5.74, 6) is 1.37. The van der Waals surface area contributed by atoms with Gasteiger partial charge in [0.15, 0.2) is 0 Å². The Bertz CT molecular complexity index is 1290. The normalized spacial score (nSPS) is 10.5. The predicted octanol–water partition coefficient (Wildman–Crippen LogP) is 6.07. The first-order valence-corrected chi connectivity index (χ1v) is 10.7. The van der Waals surface area contributed by atoms with E-state index in [0.717, 1.165) is 28.8 Å². The van der Waals surface area contributed by atoms with Crippen molar-refractivity contribution in [2.24, 2.45) is 0 Å². The van der Waals surface area contributed by atoms with Gasteiger partial charge in [0.05, 0.1) is 12.8 Å². The highest BCUT2D eigenvalue weighted by molar-refractivity contribution is 6.05. The Balaban J connectivity index is 1.63. The van der Waals surface area contributed by atoms with Crippen LogP contribution in [0.15, 0.2) is 79.1 Å². The molecule has 0 spiro atoms. The van der Waals surface area contributed by atoms with E-state index in [1.807, 2.05) is 49.4 Å². The van der Waals surface area contributed by atoms with Crippen LogP contribution in [0.2, 0.25) is 0 Å². The van der Waals surface area contributed by atoms with Crippen LogP contribution < -0.4 is 14.8 Å². The van der Waals surface area contributed by atoms with Gasteiger partial charge in [0.1, 0.15) is 11.5 Å². The zero-order chi connectivity index (χ0) is 23.2. The van der Waals surface area contributed by atoms with E-state index >= 15 is 0 Å². The number of benzene rings is 2. The number of nitrogens with zero attached hydrogens (tertiary/aromatic N) is 2. The van der Waals surface area contributed by atoms with Gasteiger partial charge in [-0.2, -0.15) is 0 Å². The van der Waals surface area contributed by atoms with Crippen LogP contribution in [0, 0.1) is 6.92 Å². The molecule has 2 aromatic carbocycles. The Morgan fingerprint density at radius 2 is 1.79 bits per heavy atom. The Hall–Kier alpha value is -4.19. The second-order valence-electron chi connectivity index (χ2n) is 7.48. The number of pyridine rings is 2. The van der Waals surface area contributed by atoms with Gasteiger partial charge in [-0.15, -0.1) is 0 Å². The summed E-state index contributed by atoms with van der Waals surface area (Å²) in [5.41, 5.74) is 4.80. The number of para-hydroxylation sites is 2. The van der Waals surface area contributed by atoms with Crippen molar-refractivity contribution in [2.45, 2.75) is 20.3 Å². The first-order valence-electron chi connectivity index (χ1n) is 10.7. The predicted molar refractivity (Wildman–Crippen MR) is 129 cm³/mol. The van der Waals surface area contributed by atoms with E-state index in [4.69, 9.17) is 9.47 Å². The van der Waals surface area contributed by atoms with Crippen LogP contribution in [0.25, 0.3) is 11.1 Å². The number of aromatic nitrogens is 2. The smallest absolute Gasteiger partial charge is 0.255 e. The third kappa shape index (κ3) is 5.01. The molecule has 6 nitrogen and oxygen atoms in total. The zero-order valence-corrected chi connectivity index (χ0v) is 18.8. The van der Waals surface area contributed by atoms with Crippen molar-refractivity contribution in [1.82, 2.24) is 9.97 Å². The number of ether oxygens (including phenoxy) is 2. The molecule has 1 amide bonds. The minimum absolute atomic E-state index is 0.257. The molecule has 4 aromatic rings. The highest BCUT2D eigenvalue weighted by Crippen LogP contribution is 2.33. The molecule has 166 valence electrons. The molecular formula is C27H25N3O3. The number of amides is 1. The van der Waals surface area contributed by atoms with Gasteiger partial charge in [-0.1, -0.05) is 25.1 Å². The standard InChI is InChI=1S/C27H25N3O3/c1-4-21-16-19(13-15-28-21)22-8-7-14-29-27(22)33-25-17-20(12-11-18(25)2)26(31)30-23-9-5-6-10-24(23)32-3/h5-17H,4H2,1-3H3,(H,30,31). The molecule has 0 aliphatic carbocycles. The third-order valence-corrected chi connectivity index (χ3v) is 5.27. The van der Waals surface area contributed by atoms with E-state index in [2.05, 4.69) is 22.2 Å². The number of rotatable bonds is 7. The molecule has 6 heteroatoms. The molecule has 0 aliphatic heterocycles. The first-order chi connectivity index (χ1) is 16.1. The molecule has 2 aromatic heterocycles. The average Bonchev–Trinajstić information content (AvgIpc) is 2.86. The van der Waals surface area contributed by atoms with Gasteiger partial charge in [0.25, 0.3) is 5.91 Å². The van der Waals surface area contributed by atoms with Crippen LogP contribution in [-0.2, 0) is 6.42 Å². The van der Waals surface area contributed by atoms with Gasteiger partial charge < -0.3 is 14.8 Å². The van der Waals surface area contributed by atoms with Gasteiger partial charge in [-0.3, -0.25) is 9.78 Å². The first kappa shape index (κ1) is 22.0. The lowest BCUT2D eigenvalue weighted by molar-refractivity contribution is 0.102. The minimum Gasteiger partial charge on any atom is -0.495 e. The fourth-order valence-electron chi connectivity index (χ4n) is 3.43. The van der Waals surface area contributed by atoms with E-state index in [-0.39, 0.29) is 5.91 Å². The van der Waals surface area contributed by atoms with Gasteiger partial charge in [-0.05, 0) is 73.0 Å². The van der Waals surface area contributed by atoms with Crippen molar-refractivity contribution in [3.05, 3.63) is 95.9 Å². The number of nitrogens with one attached hydrogen (secondary N) is 1. The number of hydrogen-bond acceptors (Lipinski definition) is 5. The van der Waals surface area contributed by atoms with Gasteiger partial charge in [0.2, 0.25) is 5.88 Å². The Morgan fingerprint density at radius 3 is 2.61 bits per heavy atom. The number of carbonyl (C=O) groups is 1. The number of aryl methyl sites for hydroxylation is 2. The quantitative estimate of drug-likeness (QED) is 0.378. The minimum atomic E-state index is -0.257. The molecule has 1 N–H and O–H groups in total. The summed E-state index contributed by atoms with van der Waals surface area (Å²) in [7, 11) is 1.57. The highest BCUT2D eigenvalue weighted by Gasteiger charge is 2.15. The molecule has 0 unspecified atom stereocenters. The third-order valence-electron chi connectivity index (χ3n) is 5.27. The number of methoxy groups -OCH3 is 1. The van der Waals surface area contributed by atoms with Crippen molar-refractivity contribution in [3.8, 4) is 28.5 Å². The van der Waals surface area contributed by atoms with Crippen LogP contribution >= 0.6 is 0 Å². The maximum atomic E-state index is 12.9. The van der Waals surface area contributed by atoms with Crippen LogP contribution in [0.3, 0.4) is 0 Å². The van der Waals surface area contributed by atoms with Crippen molar-refractivity contribution in [2.75, 3.05) is 12.4 Å². The number of carbonyl (C=O) groups excluding carboxylic acids is 1. The summed E-state index contributed by atoms with van der Waals surface area (Å²) < 4.78 is 11.5. The van der Waals surface area contributed by atoms with Crippen molar-refractivity contribution in [3.63, 3.8) is 0 Å². The summed E-state index contributed by atoms with van der Waals surface area (Å²) in [6.45, 7) is 4.00. The summed E-state index contributed by atoms with van der Waals surface area (Å²) in [6, 6.07) is 20.4. The fourth-order valence-corrected chi connectivity index (χ4v) is 3.43. The summed E-state index contributed by atoms with van der Waals surface area (Å²) in [6.07, 6.45) is 4.32. The van der Waals surface area contributed by atoms with Crippen LogP contribution in [0.4, 0.5) is 5.69 Å². The van der Waals surface area contributed by atoms with Gasteiger partial charge in [0, 0.05) is 29.2 Å². The average molecular weight is 440 g/mol. The second kappa shape index (κ2) is 9.96. The molecular weight excluding hydrogens is 414 g/mol. The lowest BCUT2D eigenvalue weighted by Crippen LogP contribution is -2.12. The summed E-state index contributed by atoms with van der Waals surface area (Å²) in [4.78, 5) is 21.7. The van der Waals surface area contributed by atoms with Crippen LogP contribution in [-0.4, -0.2) is 23.0 Å². The Morgan fingerprint density at radius 1 is 0.939 bits per heavy atom. The van der Waals surface area contributed by atoms with Crippen molar-refractivity contribution >= 4 is 11.6 Å². The molecule has 0 bridgehead atoms. The van der Waals surface area contributed by atoms with Gasteiger partial charge in [-0.25, -0.2) is 4.98 Å². The molecule has 0 saturated carbocycles. The van der Waals surface area contributed by atoms with Crippen molar-refractivity contribution < 1.29 is 14.3 Å². The van der Waals surface area contributed by atoms with E-state index in [1.165, 1.54) is 0 Å². The number of anilines is 1. The number of hydrogen-bond donors (Lipinski definition) is 1. The summed E-state index contributed by atoms with van der Waals surface area (Å²) >= 11 is 0. The highest BCUT2D eigenvalue weighted by atomic mass is 16.5. The van der Waals surface area contributed by atoms with Crippen LogP contribution in [0.5, 0.6) is 17.4 Å². The van der Waals surface area contributed by atoms with Gasteiger partial charge >= 0.3 is 0 Å². The molecule has 0 aliphatic rings. The molecule has 0 saturated heterocycles. The maximum absolute atomic E-state index is 12.9. The fraction of sp³-hybridized carbons (Fsp3) is 0.148. The topological polar surface area (TPSA) is 73.3 Å². The van der Waals surface area contributed by atoms with E-state index in [1.54, 1.807) is 43.8 Å². The lowest BCUT2D eigenvalue weighted by Gasteiger charge is -2.14. The zero-order valence-electron chi connectivity index (χ0n) is 18.8. The second-order valence-corrected chi connectivity index (χ2v) is 7.48. The molecule has 0 radical (unpaired) electrons. The molecule has 4 rings (SSSR count). The van der Waals surface area contributed by atoms with Crippen molar-refractivity contribution in [1.29, 1.82) is 0 Å². The monoisotopic (exact) mass is 439 g/mol.